The van der Waals surface area contributed by atoms with E-state index in [4.69, 9.17) is 0 Å². The number of unbranched alkanes of at least 4 members (excludes halogenated alkanes) is 2. The molecule has 45 heavy (non-hydrogen) atoms. The molecule has 2 aromatic carbocycles. The van der Waals surface area contributed by atoms with Gasteiger partial charge in [-0.2, -0.15) is 22.0 Å². The molecule has 2 aromatic rings. The molecule has 2 aliphatic rings. The summed E-state index contributed by atoms with van der Waals surface area (Å²) in [5.74, 6) is -5.77. The van der Waals surface area contributed by atoms with E-state index in [1.165, 1.54) is 23.3 Å². The summed E-state index contributed by atoms with van der Waals surface area (Å²) in [7, 11) is -3.70. The zero-order valence-electron chi connectivity index (χ0n) is 25.5. The van der Waals surface area contributed by atoms with Crippen LogP contribution >= 0.6 is 0 Å². The average Bonchev–Trinajstić information content (AvgIpc) is 3.32. The molecule has 4 rings (SSSR count). The molecule has 0 radical (unpaired) electrons. The first kappa shape index (κ1) is 35.3. The van der Waals surface area contributed by atoms with Gasteiger partial charge in [-0.1, -0.05) is 24.6 Å². The summed E-state index contributed by atoms with van der Waals surface area (Å²) in [6.45, 7) is 1.82. The topological polar surface area (TPSA) is 57.6 Å². The highest BCUT2D eigenvalue weighted by atomic mass is 32.2. The van der Waals surface area contributed by atoms with Crippen molar-refractivity contribution in [1.29, 1.82) is 0 Å². The highest BCUT2D eigenvalue weighted by Crippen LogP contribution is 2.40. The van der Waals surface area contributed by atoms with Crippen molar-refractivity contribution in [3.63, 3.8) is 0 Å². The molecule has 1 saturated heterocycles. The number of halogens is 6. The third-order valence-corrected chi connectivity index (χ3v) is 10.9. The molecule has 1 heterocycles. The van der Waals surface area contributed by atoms with Crippen LogP contribution in [-0.4, -0.2) is 61.2 Å². The van der Waals surface area contributed by atoms with Gasteiger partial charge >= 0.3 is 12.1 Å². The maximum Gasteiger partial charge on any atom is 0.453 e. The number of benzene rings is 2. The summed E-state index contributed by atoms with van der Waals surface area (Å²) >= 11 is 0. The van der Waals surface area contributed by atoms with Crippen LogP contribution in [0, 0.1) is 5.82 Å². The van der Waals surface area contributed by atoms with Crippen LogP contribution in [0.25, 0.3) is 11.1 Å². The van der Waals surface area contributed by atoms with Gasteiger partial charge in [0.25, 0.3) is 0 Å². The number of allylic oxidation sites excluding steroid dienone is 2. The minimum absolute atomic E-state index is 0.209. The number of aryl methyl sites for hydroxylation is 1. The Morgan fingerprint density at radius 1 is 0.867 bits per heavy atom. The Bertz CT molecular complexity index is 1410. The summed E-state index contributed by atoms with van der Waals surface area (Å²) in [6, 6.07) is 12.4. The van der Waals surface area contributed by atoms with Gasteiger partial charge in [-0.3, -0.25) is 0 Å². The van der Waals surface area contributed by atoms with Crippen molar-refractivity contribution < 1.29 is 39.9 Å². The summed E-state index contributed by atoms with van der Waals surface area (Å²) < 4.78 is 101. The highest BCUT2D eigenvalue weighted by molar-refractivity contribution is 7.91. The first-order valence-electron chi connectivity index (χ1n) is 15.9. The third kappa shape index (κ3) is 9.98. The van der Waals surface area contributed by atoms with Gasteiger partial charge in [0.05, 0.1) is 11.5 Å². The lowest BCUT2D eigenvalue weighted by atomic mass is 9.89. The molecule has 0 bridgehead atoms. The van der Waals surface area contributed by atoms with E-state index in [9.17, 15) is 39.9 Å². The lowest BCUT2D eigenvalue weighted by molar-refractivity contribution is -0.284. The first-order chi connectivity index (χ1) is 21.3. The molecule has 0 spiro atoms. The van der Waals surface area contributed by atoms with Gasteiger partial charge in [0.15, 0.2) is 0 Å². The zero-order valence-corrected chi connectivity index (χ0v) is 26.3. The van der Waals surface area contributed by atoms with Gasteiger partial charge < -0.3 is 10.0 Å². The Kier molecular flexibility index (Phi) is 12.1. The van der Waals surface area contributed by atoms with Crippen molar-refractivity contribution in [2.24, 2.45) is 0 Å². The molecule has 4 nitrogen and oxygen atoms in total. The van der Waals surface area contributed by atoms with E-state index in [-0.39, 0.29) is 23.4 Å². The van der Waals surface area contributed by atoms with Gasteiger partial charge in [0, 0.05) is 12.5 Å². The van der Waals surface area contributed by atoms with E-state index in [2.05, 4.69) is 4.90 Å². The van der Waals surface area contributed by atoms with E-state index >= 15 is 0 Å². The standard InChI is InChI=1S/C34H43F6NO3S/c35-27-15-13-25(14-16-27)30-12-4-8-26-24-29(42)17-18-31(26)32(30)11-2-1-3-20-41-21-5-9-28(41)10-6-22-45(43,44)23-7-19-33(36,37)34(38,39)40/h13-18,24,28,42H,1-12,19-23H2. The van der Waals surface area contributed by atoms with Crippen LogP contribution in [0.3, 0.4) is 0 Å². The first-order valence-corrected chi connectivity index (χ1v) is 17.8. The number of hydrogen-bond acceptors (Lipinski definition) is 4. The lowest BCUT2D eigenvalue weighted by Gasteiger charge is -2.24. The van der Waals surface area contributed by atoms with Crippen molar-refractivity contribution >= 4 is 21.0 Å². The minimum Gasteiger partial charge on any atom is -0.508 e. The fourth-order valence-electron chi connectivity index (χ4n) is 6.71. The smallest absolute Gasteiger partial charge is 0.453 e. The number of rotatable bonds is 15. The SMILES string of the molecule is O=S(=O)(CCCC1CCCN1CCCCCC1=C(c2ccc(F)cc2)CCCc2cc(O)ccc21)CCCC(F)(F)C(F)(F)F. The molecule has 0 saturated carbocycles. The van der Waals surface area contributed by atoms with Gasteiger partial charge in [0.1, 0.15) is 21.4 Å². The number of alkyl halides is 5. The van der Waals surface area contributed by atoms with Crippen molar-refractivity contribution in [3.05, 3.63) is 65.0 Å². The third-order valence-electron chi connectivity index (χ3n) is 9.07. The predicted molar refractivity (Wildman–Crippen MR) is 165 cm³/mol. The second-order valence-electron chi connectivity index (χ2n) is 12.4. The number of fused-ring (bicyclic) bond motifs is 1. The van der Waals surface area contributed by atoms with Crippen molar-refractivity contribution in [2.45, 2.75) is 102 Å². The highest BCUT2D eigenvalue weighted by Gasteiger charge is 2.56. The van der Waals surface area contributed by atoms with E-state index in [1.54, 1.807) is 6.07 Å². The number of aromatic hydroxyl groups is 1. The van der Waals surface area contributed by atoms with Crippen molar-refractivity contribution in [2.75, 3.05) is 24.6 Å². The van der Waals surface area contributed by atoms with E-state index < -0.39 is 40.5 Å². The number of likely N-dealkylation sites (tertiary alicyclic amines) is 1. The molecule has 11 heteroatoms. The molecule has 1 atom stereocenters. The second-order valence-corrected chi connectivity index (χ2v) is 14.7. The quantitative estimate of drug-likeness (QED) is 0.153. The van der Waals surface area contributed by atoms with Crippen molar-refractivity contribution in [3.8, 4) is 5.75 Å². The fraction of sp³-hybridized carbons (Fsp3) is 0.588. The molecule has 0 aromatic heterocycles. The van der Waals surface area contributed by atoms with Crippen LogP contribution in [0.4, 0.5) is 26.3 Å². The molecule has 1 N–H and O–H groups in total. The largest absolute Gasteiger partial charge is 0.508 e. The average molecular weight is 660 g/mol. The van der Waals surface area contributed by atoms with E-state index in [0.29, 0.717) is 12.8 Å². The van der Waals surface area contributed by atoms with Crippen LogP contribution in [0.2, 0.25) is 0 Å². The Hall–Kier alpha value is -2.53. The molecule has 1 fully saturated rings. The van der Waals surface area contributed by atoms with Gasteiger partial charge in [-0.05, 0) is 136 Å². The van der Waals surface area contributed by atoms with Crippen LogP contribution < -0.4 is 0 Å². The molecule has 250 valence electrons. The lowest BCUT2D eigenvalue weighted by Crippen LogP contribution is -2.36. The maximum absolute atomic E-state index is 13.7. The second kappa shape index (κ2) is 15.4. The number of nitrogens with zero attached hydrogens (tertiary/aromatic N) is 1. The van der Waals surface area contributed by atoms with E-state index in [0.717, 1.165) is 87.6 Å². The molecular weight excluding hydrogens is 616 g/mol. The van der Waals surface area contributed by atoms with Gasteiger partial charge in [-0.15, -0.1) is 0 Å². The summed E-state index contributed by atoms with van der Waals surface area (Å²) in [5, 5.41) is 10.1. The normalized spacial score (nSPS) is 18.3. The number of hydrogen-bond donors (Lipinski definition) is 1. The number of sulfone groups is 1. The minimum atomic E-state index is -5.67. The predicted octanol–water partition coefficient (Wildman–Crippen LogP) is 8.98. The fourth-order valence-corrected chi connectivity index (χ4v) is 8.11. The van der Waals surface area contributed by atoms with Crippen LogP contribution in [0.15, 0.2) is 42.5 Å². The molecule has 1 aliphatic heterocycles. The number of phenols is 1. The number of phenolic OH excluding ortho intramolecular Hbond substituents is 1. The molecule has 1 aliphatic carbocycles. The molecular formula is C34H43F6NO3S. The van der Waals surface area contributed by atoms with Crippen LogP contribution in [0.5, 0.6) is 5.75 Å². The van der Waals surface area contributed by atoms with E-state index in [1.807, 2.05) is 24.3 Å². The van der Waals surface area contributed by atoms with Crippen molar-refractivity contribution in [1.82, 2.24) is 4.90 Å². The maximum atomic E-state index is 13.7. The molecule has 1 unspecified atom stereocenters. The Morgan fingerprint density at radius 2 is 1.60 bits per heavy atom. The van der Waals surface area contributed by atoms with Crippen LogP contribution in [-0.2, 0) is 16.3 Å². The van der Waals surface area contributed by atoms with Gasteiger partial charge in [-0.25, -0.2) is 12.8 Å². The Balaban J connectivity index is 1.25. The monoisotopic (exact) mass is 659 g/mol. The Morgan fingerprint density at radius 3 is 2.33 bits per heavy atom. The van der Waals surface area contributed by atoms with Gasteiger partial charge in [0.2, 0.25) is 0 Å². The van der Waals surface area contributed by atoms with Crippen LogP contribution in [0.1, 0.15) is 93.7 Å². The summed E-state index contributed by atoms with van der Waals surface area (Å²) in [4.78, 5) is 2.38. The summed E-state index contributed by atoms with van der Waals surface area (Å²) in [5.41, 5.74) is 5.77. The summed E-state index contributed by atoms with van der Waals surface area (Å²) in [6.07, 6.45) is 1.54. The zero-order chi connectivity index (χ0) is 32.7. The Labute approximate surface area is 262 Å². The molecule has 0 amide bonds.